The molecule has 0 unspecified atom stereocenters. The molecule has 1 saturated carbocycles. The molecule has 0 radical (unpaired) electrons. The minimum absolute atomic E-state index is 0. The number of alkyl halides is 3. The van der Waals surface area contributed by atoms with Gasteiger partial charge >= 0.3 is 6.18 Å². The van der Waals surface area contributed by atoms with E-state index in [-0.39, 0.29) is 24.9 Å². The number of nitrogens with two attached hydrogens (primary N) is 1. The Kier molecular flexibility index (Phi) is 6.22. The Bertz CT molecular complexity index is 695. The first-order chi connectivity index (χ1) is 11.4. The Balaban J connectivity index is 0.00000225. The summed E-state index contributed by atoms with van der Waals surface area (Å²) in [5, 5.41) is 0. The van der Waals surface area contributed by atoms with Crippen molar-refractivity contribution < 1.29 is 17.9 Å². The molecular formula is C19H21ClF3NO. The van der Waals surface area contributed by atoms with Crippen LogP contribution in [-0.2, 0) is 12.8 Å². The Morgan fingerprint density at radius 2 is 1.64 bits per heavy atom. The van der Waals surface area contributed by atoms with E-state index < -0.39 is 11.7 Å². The average Bonchev–Trinajstić information content (AvgIpc) is 3.07. The first-order valence-corrected chi connectivity index (χ1v) is 8.12. The molecule has 2 nitrogen and oxygen atoms in total. The van der Waals surface area contributed by atoms with Crippen molar-refractivity contribution in [1.82, 2.24) is 0 Å². The molecule has 0 amide bonds. The first kappa shape index (κ1) is 19.4. The van der Waals surface area contributed by atoms with Gasteiger partial charge < -0.3 is 10.5 Å². The molecule has 0 aliphatic heterocycles. The van der Waals surface area contributed by atoms with Gasteiger partial charge in [-0.1, -0.05) is 25.0 Å². The molecule has 25 heavy (non-hydrogen) atoms. The number of nitrogen functional groups attached to an aromatic ring is 1. The van der Waals surface area contributed by atoms with Crippen molar-refractivity contribution in [1.29, 1.82) is 0 Å². The number of ether oxygens (including phenoxy) is 1. The molecule has 0 bridgehead atoms. The molecule has 0 atom stereocenters. The zero-order chi connectivity index (χ0) is 17.2. The minimum atomic E-state index is -4.34. The van der Waals surface area contributed by atoms with Gasteiger partial charge in [0.25, 0.3) is 0 Å². The normalized spacial score (nSPS) is 15.0. The summed E-state index contributed by atoms with van der Waals surface area (Å²) in [5.41, 5.74) is 6.63. The van der Waals surface area contributed by atoms with Gasteiger partial charge in [0.15, 0.2) is 0 Å². The Hall–Kier alpha value is -1.88. The van der Waals surface area contributed by atoms with E-state index in [1.165, 1.54) is 6.07 Å². The van der Waals surface area contributed by atoms with Crippen LogP contribution in [0.3, 0.4) is 0 Å². The van der Waals surface area contributed by atoms with Gasteiger partial charge in [-0.2, -0.15) is 13.2 Å². The summed E-state index contributed by atoms with van der Waals surface area (Å²) in [6.07, 6.45) is -0.655. The summed E-state index contributed by atoms with van der Waals surface area (Å²) in [4.78, 5) is 0. The number of hydrogen-bond donors (Lipinski definition) is 1. The second-order valence-corrected chi connectivity index (χ2v) is 6.26. The maximum atomic E-state index is 13.4. The third kappa shape index (κ3) is 4.82. The number of benzene rings is 2. The second kappa shape index (κ2) is 8.00. The van der Waals surface area contributed by atoms with Gasteiger partial charge in [-0.3, -0.25) is 0 Å². The van der Waals surface area contributed by atoms with Gasteiger partial charge in [-0.25, -0.2) is 0 Å². The van der Waals surface area contributed by atoms with E-state index in [9.17, 15) is 13.2 Å². The summed E-state index contributed by atoms with van der Waals surface area (Å²) >= 11 is 0. The molecular weight excluding hydrogens is 351 g/mol. The van der Waals surface area contributed by atoms with E-state index in [1.807, 2.05) is 0 Å². The van der Waals surface area contributed by atoms with Gasteiger partial charge in [0.05, 0.1) is 5.56 Å². The van der Waals surface area contributed by atoms with Crippen molar-refractivity contribution in [2.45, 2.75) is 44.4 Å². The van der Waals surface area contributed by atoms with Crippen molar-refractivity contribution in [3.63, 3.8) is 0 Å². The van der Waals surface area contributed by atoms with E-state index >= 15 is 0 Å². The molecule has 1 aliphatic rings. The molecule has 6 heteroatoms. The lowest BCUT2D eigenvalue weighted by Gasteiger charge is -2.19. The minimum Gasteiger partial charge on any atom is -0.489 e. The van der Waals surface area contributed by atoms with Gasteiger partial charge in [-0.05, 0) is 60.2 Å². The fourth-order valence-electron chi connectivity index (χ4n) is 3.26. The van der Waals surface area contributed by atoms with Gasteiger partial charge in [0, 0.05) is 5.69 Å². The monoisotopic (exact) mass is 371 g/mol. The van der Waals surface area contributed by atoms with Crippen molar-refractivity contribution in [2.24, 2.45) is 0 Å². The third-order valence-electron chi connectivity index (χ3n) is 4.50. The average molecular weight is 372 g/mol. The van der Waals surface area contributed by atoms with Crippen LogP contribution in [0.1, 0.15) is 48.3 Å². The fraction of sp³-hybridized carbons (Fsp3) is 0.368. The maximum Gasteiger partial charge on any atom is 0.416 e. The highest BCUT2D eigenvalue weighted by atomic mass is 35.5. The zero-order valence-corrected chi connectivity index (χ0v) is 14.5. The van der Waals surface area contributed by atoms with E-state index in [1.54, 1.807) is 36.4 Å². The number of anilines is 1. The molecule has 0 spiro atoms. The maximum absolute atomic E-state index is 13.4. The van der Waals surface area contributed by atoms with Crippen molar-refractivity contribution >= 4 is 18.1 Å². The van der Waals surface area contributed by atoms with Gasteiger partial charge in [-0.15, -0.1) is 12.4 Å². The van der Waals surface area contributed by atoms with Crippen LogP contribution in [0.25, 0.3) is 0 Å². The quantitative estimate of drug-likeness (QED) is 0.674. The Morgan fingerprint density at radius 1 is 1.00 bits per heavy atom. The molecule has 2 aromatic carbocycles. The van der Waals surface area contributed by atoms with Gasteiger partial charge in [0.1, 0.15) is 12.4 Å². The molecule has 1 fully saturated rings. The fourth-order valence-corrected chi connectivity index (χ4v) is 3.26. The predicted octanol–water partition coefficient (Wildman–Crippen LogP) is 5.95. The topological polar surface area (TPSA) is 35.2 Å². The van der Waals surface area contributed by atoms with E-state index in [0.29, 0.717) is 22.6 Å². The summed E-state index contributed by atoms with van der Waals surface area (Å²) in [6, 6.07) is 11.4. The lowest BCUT2D eigenvalue weighted by atomic mass is 9.91. The lowest BCUT2D eigenvalue weighted by molar-refractivity contribution is -0.138. The first-order valence-electron chi connectivity index (χ1n) is 8.12. The molecule has 1 aliphatic carbocycles. The summed E-state index contributed by atoms with van der Waals surface area (Å²) < 4.78 is 45.9. The second-order valence-electron chi connectivity index (χ2n) is 6.26. The molecule has 0 heterocycles. The standard InChI is InChI=1S/C19H20F3NO.ClH/c20-19(21,22)18-11-13(5-10-17(18)14-3-1-2-4-14)12-24-16-8-6-15(23)7-9-16;/h5-11,14H,1-4,12,23H2;1H. The SMILES string of the molecule is Cl.Nc1ccc(OCc2ccc(C3CCCC3)c(C(F)(F)F)c2)cc1. The lowest BCUT2D eigenvalue weighted by Crippen LogP contribution is -2.12. The van der Waals surface area contributed by atoms with E-state index in [4.69, 9.17) is 10.5 Å². The van der Waals surface area contributed by atoms with Crippen LogP contribution >= 0.6 is 12.4 Å². The Morgan fingerprint density at radius 3 is 2.24 bits per heavy atom. The van der Waals surface area contributed by atoms with E-state index in [2.05, 4.69) is 0 Å². The van der Waals surface area contributed by atoms with Crippen molar-refractivity contribution in [3.05, 3.63) is 59.2 Å². The van der Waals surface area contributed by atoms with Crippen molar-refractivity contribution in [2.75, 3.05) is 5.73 Å². The summed E-state index contributed by atoms with van der Waals surface area (Å²) in [5.74, 6) is 0.603. The molecule has 2 aromatic rings. The van der Waals surface area contributed by atoms with Crippen LogP contribution in [-0.4, -0.2) is 0 Å². The van der Waals surface area contributed by atoms with Crippen LogP contribution in [0, 0.1) is 0 Å². The third-order valence-corrected chi connectivity index (χ3v) is 4.50. The zero-order valence-electron chi connectivity index (χ0n) is 13.7. The number of rotatable bonds is 4. The number of hydrogen-bond acceptors (Lipinski definition) is 2. The predicted molar refractivity (Wildman–Crippen MR) is 95.1 cm³/mol. The van der Waals surface area contributed by atoms with E-state index in [0.717, 1.165) is 25.7 Å². The largest absolute Gasteiger partial charge is 0.489 e. The highest BCUT2D eigenvalue weighted by Crippen LogP contribution is 2.41. The van der Waals surface area contributed by atoms with Crippen molar-refractivity contribution in [3.8, 4) is 5.75 Å². The highest BCUT2D eigenvalue weighted by Gasteiger charge is 2.36. The summed E-state index contributed by atoms with van der Waals surface area (Å²) in [6.45, 7) is 0.0952. The molecule has 136 valence electrons. The molecule has 0 saturated heterocycles. The van der Waals surface area contributed by atoms with Crippen LogP contribution in [0.4, 0.5) is 18.9 Å². The number of halogens is 4. The highest BCUT2D eigenvalue weighted by molar-refractivity contribution is 5.85. The Labute approximate surface area is 151 Å². The van der Waals surface area contributed by atoms with Gasteiger partial charge in [0.2, 0.25) is 0 Å². The van der Waals surface area contributed by atoms with Crippen LogP contribution in [0.15, 0.2) is 42.5 Å². The molecule has 3 rings (SSSR count). The molecule has 0 aromatic heterocycles. The summed E-state index contributed by atoms with van der Waals surface area (Å²) in [7, 11) is 0. The van der Waals surface area contributed by atoms with Crippen LogP contribution < -0.4 is 10.5 Å². The van der Waals surface area contributed by atoms with Crippen LogP contribution in [0.2, 0.25) is 0 Å². The smallest absolute Gasteiger partial charge is 0.416 e. The van der Waals surface area contributed by atoms with Crippen LogP contribution in [0.5, 0.6) is 5.75 Å². The molecule has 2 N–H and O–H groups in total.